The van der Waals surface area contributed by atoms with Crippen LogP contribution < -0.4 is 5.73 Å². The summed E-state index contributed by atoms with van der Waals surface area (Å²) in [5.74, 6) is 1.28. The normalized spacial score (nSPS) is 15.0. The third-order valence-electron chi connectivity index (χ3n) is 4.95. The number of halogens is 1. The van der Waals surface area contributed by atoms with Gasteiger partial charge in [0.2, 0.25) is 0 Å². The minimum Gasteiger partial charge on any atom is -0.369 e. The Kier molecular flexibility index (Phi) is 5.37. The van der Waals surface area contributed by atoms with E-state index in [2.05, 4.69) is 15.0 Å². The number of nitrogens with zero attached hydrogens (tertiary/aromatic N) is 3. The van der Waals surface area contributed by atoms with Crippen LogP contribution in [0.5, 0.6) is 0 Å². The number of hydrogen-bond donors (Lipinski definition) is 1. The second-order valence-corrected chi connectivity index (χ2v) is 7.03. The Bertz CT molecular complexity index is 962. The number of nitrogens with two attached hydrogens (primary N) is 1. The predicted molar refractivity (Wildman–Crippen MR) is 108 cm³/mol. The second-order valence-electron chi connectivity index (χ2n) is 7.03. The Labute approximate surface area is 163 Å². The van der Waals surface area contributed by atoms with Crippen LogP contribution in [0.25, 0.3) is 11.1 Å². The summed E-state index contributed by atoms with van der Waals surface area (Å²) in [5.41, 5.74) is 8.33. The lowest BCUT2D eigenvalue weighted by atomic mass is 10.0. The fourth-order valence-electron chi connectivity index (χ4n) is 3.47. The van der Waals surface area contributed by atoms with Gasteiger partial charge in [-0.1, -0.05) is 47.6 Å². The van der Waals surface area contributed by atoms with Gasteiger partial charge in [0.15, 0.2) is 11.8 Å². The minimum atomic E-state index is -0.254. The molecule has 0 saturated carbocycles. The van der Waals surface area contributed by atoms with Crippen molar-refractivity contribution in [3.05, 3.63) is 71.7 Å². The Hall–Kier alpha value is -3.15. The first-order valence-corrected chi connectivity index (χ1v) is 9.57. The molecule has 1 aliphatic heterocycles. The number of piperidine rings is 1. The highest BCUT2D eigenvalue weighted by Gasteiger charge is 2.14. The lowest BCUT2D eigenvalue weighted by Crippen LogP contribution is -2.40. The molecule has 0 amide bonds. The molecular weight excluding hydrogens is 355 g/mol. The van der Waals surface area contributed by atoms with Crippen LogP contribution in [0.1, 0.15) is 30.6 Å². The molecule has 0 atom stereocenters. The monoisotopic (exact) mass is 378 g/mol. The van der Waals surface area contributed by atoms with Gasteiger partial charge in [0, 0.05) is 31.1 Å². The van der Waals surface area contributed by atoms with Crippen LogP contribution in [0, 0.1) is 5.82 Å². The van der Waals surface area contributed by atoms with Gasteiger partial charge in [-0.2, -0.15) is 4.99 Å². The van der Waals surface area contributed by atoms with Gasteiger partial charge < -0.3 is 15.2 Å². The molecule has 0 aliphatic carbocycles. The van der Waals surface area contributed by atoms with Crippen molar-refractivity contribution < 1.29 is 8.91 Å². The minimum absolute atomic E-state index is 0.254. The van der Waals surface area contributed by atoms with Crippen LogP contribution in [-0.2, 0) is 6.42 Å². The van der Waals surface area contributed by atoms with Crippen LogP contribution in [0.3, 0.4) is 0 Å². The van der Waals surface area contributed by atoms with Crippen LogP contribution in [0.15, 0.2) is 64.1 Å². The fourth-order valence-corrected chi connectivity index (χ4v) is 3.47. The maximum atomic E-state index is 14.5. The molecule has 28 heavy (non-hydrogen) atoms. The molecule has 2 aromatic carbocycles. The van der Waals surface area contributed by atoms with E-state index in [0.717, 1.165) is 37.1 Å². The molecule has 144 valence electrons. The highest BCUT2D eigenvalue weighted by atomic mass is 19.1. The van der Waals surface area contributed by atoms with Crippen LogP contribution in [-0.4, -0.2) is 29.1 Å². The van der Waals surface area contributed by atoms with Crippen LogP contribution in [0.4, 0.5) is 10.2 Å². The van der Waals surface area contributed by atoms with Crippen LogP contribution >= 0.6 is 0 Å². The van der Waals surface area contributed by atoms with Crippen molar-refractivity contribution in [1.29, 1.82) is 0 Å². The van der Waals surface area contributed by atoms with Gasteiger partial charge in [0.25, 0.3) is 0 Å². The third kappa shape index (κ3) is 4.22. The highest BCUT2D eigenvalue weighted by Crippen LogP contribution is 2.25. The van der Waals surface area contributed by atoms with Gasteiger partial charge in [-0.25, -0.2) is 4.39 Å². The molecule has 3 aromatic rings. The van der Waals surface area contributed by atoms with Crippen molar-refractivity contribution in [1.82, 2.24) is 10.1 Å². The summed E-state index contributed by atoms with van der Waals surface area (Å²) in [6.45, 7) is 1.85. The van der Waals surface area contributed by atoms with Crippen molar-refractivity contribution in [2.75, 3.05) is 13.1 Å². The first-order chi connectivity index (χ1) is 13.7. The van der Waals surface area contributed by atoms with E-state index >= 15 is 0 Å². The first-order valence-electron chi connectivity index (χ1n) is 9.57. The lowest BCUT2D eigenvalue weighted by molar-refractivity contribution is 0.338. The molecule has 4 rings (SSSR count). The number of hydrogen-bond acceptors (Lipinski definition) is 3. The SMILES string of the molecule is N/C(=N/c1cc(Cc2ccc(-c3ccccc3)c(F)c2)on1)N1CCCCC1. The van der Waals surface area contributed by atoms with Crippen molar-refractivity contribution in [2.24, 2.45) is 10.7 Å². The quantitative estimate of drug-likeness (QED) is 0.536. The molecule has 1 aliphatic rings. The van der Waals surface area contributed by atoms with E-state index in [1.165, 1.54) is 12.5 Å². The Morgan fingerprint density at radius 2 is 1.86 bits per heavy atom. The summed E-state index contributed by atoms with van der Waals surface area (Å²) in [7, 11) is 0. The van der Waals surface area contributed by atoms with Gasteiger partial charge >= 0.3 is 0 Å². The number of guanidine groups is 1. The number of benzene rings is 2. The van der Waals surface area contributed by atoms with Gasteiger partial charge in [-0.05, 0) is 36.5 Å². The molecule has 0 bridgehead atoms. The van der Waals surface area contributed by atoms with Gasteiger partial charge in [-0.15, -0.1) is 0 Å². The summed E-state index contributed by atoms with van der Waals surface area (Å²) < 4.78 is 19.9. The van der Waals surface area contributed by atoms with E-state index in [9.17, 15) is 4.39 Å². The summed E-state index contributed by atoms with van der Waals surface area (Å²) in [6, 6.07) is 16.5. The zero-order valence-corrected chi connectivity index (χ0v) is 15.6. The maximum Gasteiger partial charge on any atom is 0.198 e. The van der Waals surface area contributed by atoms with Crippen molar-refractivity contribution in [2.45, 2.75) is 25.7 Å². The van der Waals surface area contributed by atoms with E-state index in [-0.39, 0.29) is 5.82 Å². The Morgan fingerprint density at radius 3 is 2.61 bits per heavy atom. The van der Waals surface area contributed by atoms with E-state index in [0.29, 0.717) is 29.5 Å². The molecule has 0 unspecified atom stereocenters. The molecule has 2 N–H and O–H groups in total. The maximum absolute atomic E-state index is 14.5. The molecule has 6 heteroatoms. The zero-order chi connectivity index (χ0) is 19.3. The number of rotatable bonds is 4. The van der Waals surface area contributed by atoms with E-state index in [1.807, 2.05) is 36.4 Å². The molecule has 1 saturated heterocycles. The standard InChI is InChI=1S/C22H23FN4O/c23-20-14-16(9-10-19(20)17-7-3-1-4-8-17)13-18-15-21(26-28-18)25-22(24)27-11-5-2-6-12-27/h1,3-4,7-10,14-15H,2,5-6,11-13H2,(H2,24,25,26). The number of aromatic nitrogens is 1. The first kappa shape index (κ1) is 18.2. The zero-order valence-electron chi connectivity index (χ0n) is 15.6. The van der Waals surface area contributed by atoms with E-state index in [4.69, 9.17) is 10.3 Å². The average molecular weight is 378 g/mol. The highest BCUT2D eigenvalue weighted by molar-refractivity contribution is 5.80. The summed E-state index contributed by atoms with van der Waals surface area (Å²) in [4.78, 5) is 6.42. The smallest absolute Gasteiger partial charge is 0.198 e. The van der Waals surface area contributed by atoms with Gasteiger partial charge in [0.1, 0.15) is 11.6 Å². The molecule has 2 heterocycles. The van der Waals surface area contributed by atoms with E-state index < -0.39 is 0 Å². The largest absolute Gasteiger partial charge is 0.369 e. The van der Waals surface area contributed by atoms with Crippen molar-refractivity contribution >= 4 is 11.8 Å². The molecule has 0 radical (unpaired) electrons. The number of aliphatic imine (C=N–C) groups is 1. The molecule has 1 aromatic heterocycles. The third-order valence-corrected chi connectivity index (χ3v) is 4.95. The van der Waals surface area contributed by atoms with Gasteiger partial charge in [0.05, 0.1) is 0 Å². The van der Waals surface area contributed by atoms with Crippen LogP contribution in [0.2, 0.25) is 0 Å². The second kappa shape index (κ2) is 8.25. The van der Waals surface area contributed by atoms with Gasteiger partial charge in [-0.3, -0.25) is 0 Å². The molecular formula is C22H23FN4O. The lowest BCUT2D eigenvalue weighted by Gasteiger charge is -2.27. The summed E-state index contributed by atoms with van der Waals surface area (Å²) in [6.07, 6.45) is 3.94. The summed E-state index contributed by atoms with van der Waals surface area (Å²) >= 11 is 0. The molecule has 0 spiro atoms. The predicted octanol–water partition coefficient (Wildman–Crippen LogP) is 4.50. The topological polar surface area (TPSA) is 67.6 Å². The summed E-state index contributed by atoms with van der Waals surface area (Å²) in [5, 5.41) is 3.97. The fraction of sp³-hybridized carbons (Fsp3) is 0.273. The Morgan fingerprint density at radius 1 is 1.07 bits per heavy atom. The average Bonchev–Trinajstić information content (AvgIpc) is 3.16. The number of likely N-dealkylation sites (tertiary alicyclic amines) is 1. The Balaban J connectivity index is 1.46. The van der Waals surface area contributed by atoms with Crippen molar-refractivity contribution in [3.8, 4) is 11.1 Å². The van der Waals surface area contributed by atoms with E-state index in [1.54, 1.807) is 12.1 Å². The molecule has 1 fully saturated rings. The van der Waals surface area contributed by atoms with Crippen molar-refractivity contribution in [3.63, 3.8) is 0 Å². The molecule has 5 nitrogen and oxygen atoms in total.